The summed E-state index contributed by atoms with van der Waals surface area (Å²) in [5, 5.41) is 4.19. The highest BCUT2D eigenvalue weighted by atomic mass is 35.5. The van der Waals surface area contributed by atoms with Crippen molar-refractivity contribution in [3.05, 3.63) is 0 Å². The second-order valence-corrected chi connectivity index (χ2v) is 14.3. The Hall–Kier alpha value is -0.460. The Kier molecular flexibility index (Phi) is 6.79. The summed E-state index contributed by atoms with van der Waals surface area (Å²) in [4.78, 5) is 19.9. The van der Waals surface area contributed by atoms with Gasteiger partial charge in [-0.25, -0.2) is 0 Å². The van der Waals surface area contributed by atoms with Crippen LogP contribution in [0, 0.1) is 34.5 Å². The lowest BCUT2D eigenvalue weighted by Gasteiger charge is -2.61. The van der Waals surface area contributed by atoms with Crippen LogP contribution in [0.2, 0.25) is 0 Å². The molecule has 2 aliphatic heterocycles. The molecule has 6 rings (SSSR count). The normalized spacial score (nSPS) is 45.7. The Labute approximate surface area is 222 Å². The average Bonchev–Trinajstić information content (AvgIpc) is 3.49. The first-order valence-electron chi connectivity index (χ1n) is 14.1. The lowest BCUT2D eigenvalue weighted by atomic mass is 9.44. The molecule has 0 radical (unpaired) electrons. The van der Waals surface area contributed by atoms with Crippen LogP contribution >= 0.6 is 24.2 Å². The first kappa shape index (κ1) is 26.2. The van der Waals surface area contributed by atoms with Crippen molar-refractivity contribution in [2.75, 3.05) is 25.4 Å². The van der Waals surface area contributed by atoms with E-state index in [4.69, 9.17) is 4.74 Å². The summed E-state index contributed by atoms with van der Waals surface area (Å²) in [7, 11) is 0. The van der Waals surface area contributed by atoms with E-state index >= 15 is 0 Å². The fourth-order valence-corrected chi connectivity index (χ4v) is 10.7. The van der Waals surface area contributed by atoms with Gasteiger partial charge in [0.25, 0.3) is 0 Å². The third kappa shape index (κ3) is 3.90. The van der Waals surface area contributed by atoms with Crippen LogP contribution < -0.4 is 5.32 Å². The van der Waals surface area contributed by atoms with Crippen LogP contribution in [-0.4, -0.2) is 52.7 Å². The van der Waals surface area contributed by atoms with E-state index < -0.39 is 5.72 Å². The van der Waals surface area contributed by atoms with Crippen LogP contribution in [-0.2, 0) is 9.53 Å². The van der Waals surface area contributed by atoms with Gasteiger partial charge in [-0.1, -0.05) is 38.5 Å². The molecule has 0 aromatic carbocycles. The monoisotopic (exact) mass is 523 g/mol. The van der Waals surface area contributed by atoms with Gasteiger partial charge in [0, 0.05) is 12.0 Å². The Morgan fingerprint density at radius 2 is 1.86 bits per heavy atom. The molecule has 0 aromatic rings. The molecule has 7 atom stereocenters. The van der Waals surface area contributed by atoms with Gasteiger partial charge in [-0.05, 0) is 94.3 Å². The zero-order chi connectivity index (χ0) is 23.8. The smallest absolute Gasteiger partial charge is 0.235 e. The number of amidine groups is 1. The number of amides is 1. The highest BCUT2D eigenvalue weighted by Crippen LogP contribution is 2.70. The molecular formula is C28H46ClN3O2S. The van der Waals surface area contributed by atoms with Gasteiger partial charge < -0.3 is 15.0 Å². The van der Waals surface area contributed by atoms with Gasteiger partial charge in [0.1, 0.15) is 5.72 Å². The van der Waals surface area contributed by atoms with Gasteiger partial charge >= 0.3 is 0 Å². The number of rotatable bonds is 2. The van der Waals surface area contributed by atoms with E-state index in [1.807, 2.05) is 0 Å². The first-order chi connectivity index (χ1) is 16.2. The number of aliphatic imine (C=N–C) groups is 1. The molecule has 7 heteroatoms. The Morgan fingerprint density at radius 1 is 1.06 bits per heavy atom. The van der Waals surface area contributed by atoms with E-state index in [1.54, 1.807) is 11.8 Å². The van der Waals surface area contributed by atoms with Crippen molar-refractivity contribution in [3.8, 4) is 0 Å². The molecule has 4 saturated carbocycles. The van der Waals surface area contributed by atoms with E-state index in [1.165, 1.54) is 57.8 Å². The molecule has 5 fully saturated rings. The third-order valence-corrected chi connectivity index (χ3v) is 12.6. The minimum atomic E-state index is -0.537. The Morgan fingerprint density at radius 3 is 2.63 bits per heavy atom. The topological polar surface area (TPSA) is 53.9 Å². The van der Waals surface area contributed by atoms with E-state index in [9.17, 15) is 4.79 Å². The Bertz CT molecular complexity index is 882. The van der Waals surface area contributed by atoms with E-state index in [2.05, 4.69) is 42.9 Å². The van der Waals surface area contributed by atoms with Crippen molar-refractivity contribution in [3.63, 3.8) is 0 Å². The predicted molar refractivity (Wildman–Crippen MR) is 146 cm³/mol. The van der Waals surface area contributed by atoms with Crippen LogP contribution in [0.5, 0.6) is 0 Å². The molecule has 6 aliphatic rings. The van der Waals surface area contributed by atoms with Gasteiger partial charge in [0.15, 0.2) is 5.17 Å². The molecule has 0 aromatic heterocycles. The second kappa shape index (κ2) is 9.08. The Balaban J connectivity index is 0.00000253. The molecular weight excluding hydrogens is 478 g/mol. The maximum Gasteiger partial charge on any atom is 0.235 e. The number of nitrogens with one attached hydrogen (secondary N) is 1. The fourth-order valence-electron chi connectivity index (χ4n) is 9.90. The highest BCUT2D eigenvalue weighted by molar-refractivity contribution is 8.14. The van der Waals surface area contributed by atoms with Crippen molar-refractivity contribution in [2.45, 2.75) is 103 Å². The quantitative estimate of drug-likeness (QED) is 0.492. The fraction of sp³-hybridized carbons (Fsp3) is 0.929. The zero-order valence-electron chi connectivity index (χ0n) is 22.2. The number of thioether (sulfide) groups is 1. The van der Waals surface area contributed by atoms with Crippen molar-refractivity contribution >= 4 is 35.2 Å². The molecule has 4 aliphatic carbocycles. The average molecular weight is 524 g/mol. The van der Waals surface area contributed by atoms with E-state index in [0.29, 0.717) is 11.2 Å². The van der Waals surface area contributed by atoms with Gasteiger partial charge in [0.05, 0.1) is 24.4 Å². The van der Waals surface area contributed by atoms with E-state index in [0.717, 1.165) is 54.9 Å². The highest BCUT2D eigenvalue weighted by Gasteiger charge is 2.69. The summed E-state index contributed by atoms with van der Waals surface area (Å²) in [5.41, 5.74) is 0.0388. The maximum absolute atomic E-state index is 13.4. The van der Waals surface area contributed by atoms with Crippen LogP contribution in [0.4, 0.5) is 0 Å². The lowest BCUT2D eigenvalue weighted by molar-refractivity contribution is -0.188. The molecule has 5 nitrogen and oxygen atoms in total. The summed E-state index contributed by atoms with van der Waals surface area (Å²) in [6.07, 6.45) is 13.7. The number of carbonyl (C=O) groups excluding carboxylic acids is 1. The summed E-state index contributed by atoms with van der Waals surface area (Å²) in [5.74, 6) is 4.12. The van der Waals surface area contributed by atoms with Gasteiger partial charge in [-0.15, -0.1) is 12.4 Å². The summed E-state index contributed by atoms with van der Waals surface area (Å²) < 4.78 is 7.04. The van der Waals surface area contributed by atoms with Crippen LogP contribution in [0.15, 0.2) is 4.99 Å². The molecule has 1 spiro atoms. The molecule has 198 valence electrons. The SMILES string of the molecule is CC12CCCCC1CCC1C2CCC2(C)C1CCC21CN(C(=O)CSC2=NCCN2)C(C)(C)O1.Cl. The molecule has 1 saturated heterocycles. The maximum atomic E-state index is 13.4. The lowest BCUT2D eigenvalue weighted by Crippen LogP contribution is -2.57. The summed E-state index contributed by atoms with van der Waals surface area (Å²) in [6.45, 7) is 11.9. The van der Waals surface area contributed by atoms with Crippen molar-refractivity contribution in [2.24, 2.45) is 39.5 Å². The standard InChI is InChI=1S/C28H45N3O2S.ClH/c1-25(2)31(23(32)17-34-24-29-15-16-30-24)18-28(33-25)14-11-22-20-9-8-19-7-5-6-12-26(19,3)21(20)10-13-27(22,28)4;/h19-22H,5-18H2,1-4H3,(H,29,30);1H. The number of halogens is 1. The number of nitrogens with zero attached hydrogens (tertiary/aromatic N) is 2. The predicted octanol–water partition coefficient (Wildman–Crippen LogP) is 5.87. The first-order valence-corrected chi connectivity index (χ1v) is 15.1. The molecule has 2 heterocycles. The molecule has 1 N–H and O–H groups in total. The van der Waals surface area contributed by atoms with Gasteiger partial charge in [-0.3, -0.25) is 9.79 Å². The van der Waals surface area contributed by atoms with Gasteiger partial charge in [0.2, 0.25) is 5.91 Å². The van der Waals surface area contributed by atoms with Crippen molar-refractivity contribution in [1.82, 2.24) is 10.2 Å². The van der Waals surface area contributed by atoms with Crippen molar-refractivity contribution < 1.29 is 9.53 Å². The number of carbonyl (C=O) groups is 1. The van der Waals surface area contributed by atoms with Crippen LogP contribution in [0.3, 0.4) is 0 Å². The number of hydrogen-bond acceptors (Lipinski definition) is 5. The van der Waals surface area contributed by atoms with E-state index in [-0.39, 0.29) is 29.3 Å². The van der Waals surface area contributed by atoms with Gasteiger partial charge in [-0.2, -0.15) is 0 Å². The summed E-state index contributed by atoms with van der Waals surface area (Å²) >= 11 is 1.55. The minimum Gasteiger partial charge on any atom is -0.363 e. The molecule has 7 unspecified atom stereocenters. The van der Waals surface area contributed by atoms with Crippen molar-refractivity contribution in [1.29, 1.82) is 0 Å². The third-order valence-electron chi connectivity index (χ3n) is 11.7. The molecule has 1 amide bonds. The number of hydrogen-bond donors (Lipinski definition) is 1. The summed E-state index contributed by atoms with van der Waals surface area (Å²) in [6, 6.07) is 0. The molecule has 35 heavy (non-hydrogen) atoms. The minimum absolute atomic E-state index is 0. The largest absolute Gasteiger partial charge is 0.363 e. The van der Waals surface area contributed by atoms with Crippen LogP contribution in [0.25, 0.3) is 0 Å². The molecule has 0 bridgehead atoms. The zero-order valence-corrected chi connectivity index (χ0v) is 23.9. The number of ether oxygens (including phenoxy) is 1. The number of fused-ring (bicyclic) bond motifs is 6. The second-order valence-electron chi connectivity index (χ2n) is 13.3. The van der Waals surface area contributed by atoms with Crippen LogP contribution in [0.1, 0.15) is 91.9 Å².